The Hall–Kier alpha value is -1.63. The smallest absolute Gasteiger partial charge is 0.151 e. The highest BCUT2D eigenvalue weighted by Crippen LogP contribution is 2.17. The largest absolute Gasteiger partial charge is 0.497 e. The molecule has 0 aliphatic rings. The lowest BCUT2D eigenvalue weighted by Crippen LogP contribution is -2.41. The summed E-state index contributed by atoms with van der Waals surface area (Å²) in [5.74, 6) is 1.14. The third-order valence-corrected chi connectivity index (χ3v) is 2.36. The van der Waals surface area contributed by atoms with Crippen molar-refractivity contribution in [3.63, 3.8) is 0 Å². The van der Waals surface area contributed by atoms with Crippen LogP contribution in [0.25, 0.3) is 0 Å². The lowest BCUT2D eigenvalue weighted by molar-refractivity contribution is -0.127. The van der Waals surface area contributed by atoms with Crippen LogP contribution in [0.2, 0.25) is 0 Å². The molecule has 3 atom stereocenters. The molecular formula is C12H16O6. The van der Waals surface area contributed by atoms with Gasteiger partial charge in [0.15, 0.2) is 6.29 Å². The minimum Gasteiger partial charge on any atom is -0.497 e. The predicted octanol–water partition coefficient (Wildman–Crippen LogP) is -0.644. The highest BCUT2D eigenvalue weighted by molar-refractivity contribution is 5.56. The fourth-order valence-corrected chi connectivity index (χ4v) is 1.26. The van der Waals surface area contributed by atoms with E-state index in [2.05, 4.69) is 0 Å². The Labute approximate surface area is 104 Å². The molecule has 6 nitrogen and oxygen atoms in total. The number of hydrogen-bond acceptors (Lipinski definition) is 6. The van der Waals surface area contributed by atoms with E-state index in [1.165, 1.54) is 7.11 Å². The molecule has 0 saturated carbocycles. The third-order valence-electron chi connectivity index (χ3n) is 2.36. The van der Waals surface area contributed by atoms with Crippen molar-refractivity contribution >= 4 is 6.29 Å². The lowest BCUT2D eigenvalue weighted by Gasteiger charge is -2.19. The maximum atomic E-state index is 10.2. The van der Waals surface area contributed by atoms with Gasteiger partial charge in [-0.15, -0.1) is 0 Å². The second kappa shape index (κ2) is 6.95. The van der Waals surface area contributed by atoms with E-state index in [-0.39, 0.29) is 12.9 Å². The number of ether oxygens (including phenoxy) is 2. The molecule has 100 valence electrons. The zero-order valence-electron chi connectivity index (χ0n) is 9.89. The molecule has 0 spiro atoms. The molecule has 0 radical (unpaired) electrons. The summed E-state index contributed by atoms with van der Waals surface area (Å²) in [4.78, 5) is 10.2. The van der Waals surface area contributed by atoms with Gasteiger partial charge in [-0.2, -0.15) is 0 Å². The van der Waals surface area contributed by atoms with Gasteiger partial charge in [0.1, 0.15) is 36.4 Å². The maximum absolute atomic E-state index is 10.2. The van der Waals surface area contributed by atoms with Crippen molar-refractivity contribution < 1.29 is 29.6 Å². The van der Waals surface area contributed by atoms with Gasteiger partial charge in [0.2, 0.25) is 0 Å². The minimum atomic E-state index is -1.63. The number of hydrogen-bond donors (Lipinski definition) is 3. The first-order chi connectivity index (χ1) is 8.58. The molecule has 18 heavy (non-hydrogen) atoms. The van der Waals surface area contributed by atoms with E-state index in [1.54, 1.807) is 24.3 Å². The fraction of sp³-hybridized carbons (Fsp3) is 0.417. The topological polar surface area (TPSA) is 96.2 Å². The van der Waals surface area contributed by atoms with Gasteiger partial charge < -0.3 is 29.6 Å². The van der Waals surface area contributed by atoms with Crippen LogP contribution in [-0.4, -0.2) is 53.6 Å². The Bertz CT molecular complexity index is 363. The van der Waals surface area contributed by atoms with Crippen LogP contribution >= 0.6 is 0 Å². The number of methoxy groups -OCH3 is 1. The standard InChI is InChI=1S/C12H16O6/c1-17-8-2-4-9(5-3-8)18-7-11(15)12(16)10(14)6-13/h2-6,10-12,14-16H,7H2,1H3. The van der Waals surface area contributed by atoms with E-state index in [9.17, 15) is 15.0 Å². The highest BCUT2D eigenvalue weighted by atomic mass is 16.5. The average molecular weight is 256 g/mol. The summed E-state index contributed by atoms with van der Waals surface area (Å²) in [7, 11) is 1.54. The van der Waals surface area contributed by atoms with Crippen molar-refractivity contribution in [2.45, 2.75) is 18.3 Å². The van der Waals surface area contributed by atoms with Gasteiger partial charge in [-0.3, -0.25) is 0 Å². The van der Waals surface area contributed by atoms with Gasteiger partial charge in [0.05, 0.1) is 7.11 Å². The number of carbonyl (C=O) groups is 1. The van der Waals surface area contributed by atoms with Crippen molar-refractivity contribution in [1.82, 2.24) is 0 Å². The van der Waals surface area contributed by atoms with Gasteiger partial charge in [-0.05, 0) is 24.3 Å². The van der Waals surface area contributed by atoms with E-state index in [0.717, 1.165) is 0 Å². The molecule has 1 aromatic rings. The van der Waals surface area contributed by atoms with E-state index in [0.29, 0.717) is 11.5 Å². The van der Waals surface area contributed by atoms with Gasteiger partial charge in [-0.25, -0.2) is 0 Å². The molecular weight excluding hydrogens is 240 g/mol. The summed E-state index contributed by atoms with van der Waals surface area (Å²) in [6.45, 7) is -0.238. The molecule has 6 heteroatoms. The summed E-state index contributed by atoms with van der Waals surface area (Å²) in [5.41, 5.74) is 0. The van der Waals surface area contributed by atoms with Gasteiger partial charge in [0.25, 0.3) is 0 Å². The van der Waals surface area contributed by atoms with Crippen molar-refractivity contribution in [2.24, 2.45) is 0 Å². The SMILES string of the molecule is COc1ccc(OCC(O)C(O)C(O)C=O)cc1. The van der Waals surface area contributed by atoms with Gasteiger partial charge in [-0.1, -0.05) is 0 Å². The zero-order valence-corrected chi connectivity index (χ0v) is 9.89. The minimum absolute atomic E-state index is 0.154. The van der Waals surface area contributed by atoms with Crippen LogP contribution in [0.5, 0.6) is 11.5 Å². The van der Waals surface area contributed by atoms with Gasteiger partial charge >= 0.3 is 0 Å². The number of aldehydes is 1. The molecule has 0 aliphatic carbocycles. The molecule has 0 fully saturated rings. The number of carbonyl (C=O) groups excluding carboxylic acids is 1. The molecule has 0 bridgehead atoms. The molecule has 1 rings (SSSR count). The second-order valence-corrected chi connectivity index (χ2v) is 3.67. The van der Waals surface area contributed by atoms with Crippen LogP contribution < -0.4 is 9.47 Å². The quantitative estimate of drug-likeness (QED) is 0.561. The summed E-state index contributed by atoms with van der Waals surface area (Å²) < 4.78 is 10.2. The second-order valence-electron chi connectivity index (χ2n) is 3.67. The number of rotatable bonds is 7. The highest BCUT2D eigenvalue weighted by Gasteiger charge is 2.24. The fourth-order valence-electron chi connectivity index (χ4n) is 1.26. The Balaban J connectivity index is 2.46. The van der Waals surface area contributed by atoms with Crippen molar-refractivity contribution in [1.29, 1.82) is 0 Å². The molecule has 0 heterocycles. The van der Waals surface area contributed by atoms with Crippen LogP contribution in [-0.2, 0) is 4.79 Å². The molecule has 3 unspecified atom stereocenters. The first-order valence-corrected chi connectivity index (χ1v) is 5.35. The van der Waals surface area contributed by atoms with E-state index >= 15 is 0 Å². The normalized spacial score (nSPS) is 15.6. The first kappa shape index (κ1) is 14.4. The summed E-state index contributed by atoms with van der Waals surface area (Å²) >= 11 is 0. The Morgan fingerprint density at radius 1 is 1.17 bits per heavy atom. The summed E-state index contributed by atoms with van der Waals surface area (Å²) in [5, 5.41) is 27.8. The van der Waals surface area contributed by atoms with E-state index in [1.807, 2.05) is 0 Å². The maximum Gasteiger partial charge on any atom is 0.151 e. The van der Waals surface area contributed by atoms with Crippen LogP contribution in [0.15, 0.2) is 24.3 Å². The molecule has 0 saturated heterocycles. The summed E-state index contributed by atoms with van der Waals surface area (Å²) in [6, 6.07) is 6.62. The Kier molecular flexibility index (Phi) is 5.57. The Morgan fingerprint density at radius 2 is 1.72 bits per heavy atom. The molecule has 0 aromatic heterocycles. The molecule has 0 aliphatic heterocycles. The van der Waals surface area contributed by atoms with Crippen LogP contribution in [0, 0.1) is 0 Å². The monoisotopic (exact) mass is 256 g/mol. The van der Waals surface area contributed by atoms with Gasteiger partial charge in [0, 0.05) is 0 Å². The van der Waals surface area contributed by atoms with Crippen molar-refractivity contribution in [3.05, 3.63) is 24.3 Å². The number of benzene rings is 1. The number of aliphatic hydroxyl groups excluding tert-OH is 3. The predicted molar refractivity (Wildman–Crippen MR) is 62.6 cm³/mol. The van der Waals surface area contributed by atoms with E-state index < -0.39 is 18.3 Å². The van der Waals surface area contributed by atoms with Crippen molar-refractivity contribution in [3.8, 4) is 11.5 Å². The average Bonchev–Trinajstić information content (AvgIpc) is 2.43. The first-order valence-electron chi connectivity index (χ1n) is 5.35. The van der Waals surface area contributed by atoms with Crippen LogP contribution in [0.4, 0.5) is 0 Å². The third kappa shape index (κ3) is 3.99. The molecule has 0 amide bonds. The zero-order chi connectivity index (χ0) is 13.5. The van der Waals surface area contributed by atoms with Crippen molar-refractivity contribution in [2.75, 3.05) is 13.7 Å². The summed E-state index contributed by atoms with van der Waals surface area (Å²) in [6.07, 6.45) is -4.39. The molecule has 1 aromatic carbocycles. The molecule has 3 N–H and O–H groups in total. The van der Waals surface area contributed by atoms with E-state index in [4.69, 9.17) is 14.6 Å². The lowest BCUT2D eigenvalue weighted by atomic mass is 10.1. The van der Waals surface area contributed by atoms with Crippen LogP contribution in [0.1, 0.15) is 0 Å². The van der Waals surface area contributed by atoms with Crippen LogP contribution in [0.3, 0.4) is 0 Å². The number of aliphatic hydroxyl groups is 3. The Morgan fingerprint density at radius 3 is 2.22 bits per heavy atom.